The molecule has 18 heavy (non-hydrogen) atoms. The van der Waals surface area contributed by atoms with Gasteiger partial charge in [0.2, 0.25) is 5.89 Å². The molecule has 0 amide bonds. The van der Waals surface area contributed by atoms with E-state index in [-0.39, 0.29) is 18.1 Å². The molecule has 0 fully saturated rings. The van der Waals surface area contributed by atoms with Crippen molar-refractivity contribution < 1.29 is 12.9 Å². The molecular formula is C10H20N4O3S. The fraction of sp³-hybridized carbons (Fsp3) is 0.800. The van der Waals surface area contributed by atoms with Crippen molar-refractivity contribution in [1.82, 2.24) is 10.1 Å². The van der Waals surface area contributed by atoms with E-state index in [1.54, 1.807) is 0 Å². The van der Waals surface area contributed by atoms with Crippen molar-refractivity contribution in [2.75, 3.05) is 30.0 Å². The van der Waals surface area contributed by atoms with Crippen LogP contribution in [0.15, 0.2) is 4.52 Å². The molecule has 1 unspecified atom stereocenters. The first-order chi connectivity index (χ1) is 8.37. The number of nitrogens with zero attached hydrogens (tertiary/aromatic N) is 3. The third-order valence-electron chi connectivity index (χ3n) is 2.59. The first-order valence-corrected chi connectivity index (χ1v) is 7.95. The minimum atomic E-state index is -3.03. The van der Waals surface area contributed by atoms with Crippen LogP contribution in [-0.2, 0) is 9.84 Å². The summed E-state index contributed by atoms with van der Waals surface area (Å²) < 4.78 is 27.1. The Bertz CT molecular complexity index is 467. The largest absolute Gasteiger partial charge is 0.339 e. The second kappa shape index (κ2) is 6.14. The summed E-state index contributed by atoms with van der Waals surface area (Å²) in [5.74, 6) is 0.780. The molecule has 0 aliphatic heterocycles. The van der Waals surface area contributed by atoms with Crippen LogP contribution in [0.1, 0.15) is 32.2 Å². The standard InChI is InChI=1S/C10H20N4O3S/c1-4-14(5-2)10-12-9(17-13-10)8(11)6-7-18(3,15)16/h8H,4-7,11H2,1-3H3. The second-order valence-corrected chi connectivity index (χ2v) is 6.39. The van der Waals surface area contributed by atoms with E-state index in [4.69, 9.17) is 10.3 Å². The van der Waals surface area contributed by atoms with E-state index in [2.05, 4.69) is 10.1 Å². The maximum atomic E-state index is 11.0. The Hall–Kier alpha value is -1.15. The predicted molar refractivity (Wildman–Crippen MR) is 69.1 cm³/mol. The van der Waals surface area contributed by atoms with Gasteiger partial charge in [-0.15, -0.1) is 0 Å². The van der Waals surface area contributed by atoms with Gasteiger partial charge in [-0.25, -0.2) is 8.42 Å². The summed E-state index contributed by atoms with van der Waals surface area (Å²) in [6.45, 7) is 5.52. The number of hydrogen-bond donors (Lipinski definition) is 1. The quantitative estimate of drug-likeness (QED) is 0.766. The molecule has 0 aromatic carbocycles. The normalized spacial score (nSPS) is 13.6. The number of sulfone groups is 1. The molecule has 0 aliphatic rings. The Labute approximate surface area is 107 Å². The lowest BCUT2D eigenvalue weighted by Crippen LogP contribution is -2.23. The molecule has 7 nitrogen and oxygen atoms in total. The van der Waals surface area contributed by atoms with E-state index >= 15 is 0 Å². The Morgan fingerprint density at radius 1 is 1.39 bits per heavy atom. The Kier molecular flexibility index (Phi) is 5.09. The molecule has 0 saturated heterocycles. The molecule has 0 radical (unpaired) electrons. The summed E-state index contributed by atoms with van der Waals surface area (Å²) in [6, 6.07) is -0.545. The molecule has 1 heterocycles. The van der Waals surface area contributed by atoms with Gasteiger partial charge in [-0.3, -0.25) is 0 Å². The molecule has 1 atom stereocenters. The van der Waals surface area contributed by atoms with E-state index < -0.39 is 15.9 Å². The lowest BCUT2D eigenvalue weighted by Gasteiger charge is -2.14. The van der Waals surface area contributed by atoms with Gasteiger partial charge in [-0.1, -0.05) is 0 Å². The lowest BCUT2D eigenvalue weighted by molar-refractivity contribution is 0.351. The number of aromatic nitrogens is 2. The van der Waals surface area contributed by atoms with Gasteiger partial charge < -0.3 is 15.2 Å². The smallest absolute Gasteiger partial charge is 0.266 e. The van der Waals surface area contributed by atoms with E-state index in [1.807, 2.05) is 18.7 Å². The van der Waals surface area contributed by atoms with Crippen LogP contribution in [0.25, 0.3) is 0 Å². The summed E-state index contributed by atoms with van der Waals surface area (Å²) in [5.41, 5.74) is 5.82. The zero-order valence-electron chi connectivity index (χ0n) is 11.0. The minimum Gasteiger partial charge on any atom is -0.339 e. The van der Waals surface area contributed by atoms with Crippen molar-refractivity contribution in [1.29, 1.82) is 0 Å². The molecule has 104 valence electrons. The zero-order chi connectivity index (χ0) is 13.8. The first kappa shape index (κ1) is 14.9. The molecule has 1 aromatic heterocycles. The molecule has 0 bridgehead atoms. The number of anilines is 1. The van der Waals surface area contributed by atoms with Crippen LogP contribution in [0.4, 0.5) is 5.95 Å². The lowest BCUT2D eigenvalue weighted by atomic mass is 10.2. The van der Waals surface area contributed by atoms with Crippen LogP contribution >= 0.6 is 0 Å². The van der Waals surface area contributed by atoms with Crippen molar-refractivity contribution in [2.24, 2.45) is 5.73 Å². The molecule has 1 aromatic rings. The SMILES string of the molecule is CCN(CC)c1noc(C(N)CCS(C)(=O)=O)n1. The monoisotopic (exact) mass is 276 g/mol. The van der Waals surface area contributed by atoms with Gasteiger partial charge in [-0.2, -0.15) is 4.98 Å². The first-order valence-electron chi connectivity index (χ1n) is 5.89. The van der Waals surface area contributed by atoms with E-state index in [1.165, 1.54) is 6.26 Å². The van der Waals surface area contributed by atoms with Crippen LogP contribution in [-0.4, -0.2) is 43.7 Å². The highest BCUT2D eigenvalue weighted by Gasteiger charge is 2.18. The number of hydrogen-bond acceptors (Lipinski definition) is 7. The van der Waals surface area contributed by atoms with Gasteiger partial charge in [0, 0.05) is 19.3 Å². The topological polar surface area (TPSA) is 102 Å². The summed E-state index contributed by atoms with van der Waals surface area (Å²) >= 11 is 0. The fourth-order valence-electron chi connectivity index (χ4n) is 1.48. The van der Waals surface area contributed by atoms with Crippen molar-refractivity contribution in [3.05, 3.63) is 5.89 Å². The molecule has 0 spiro atoms. The predicted octanol–water partition coefficient (Wildman–Crippen LogP) is 0.350. The maximum Gasteiger partial charge on any atom is 0.266 e. The van der Waals surface area contributed by atoms with Crippen LogP contribution in [0.3, 0.4) is 0 Å². The second-order valence-electron chi connectivity index (χ2n) is 4.13. The van der Waals surface area contributed by atoms with Crippen LogP contribution in [0.2, 0.25) is 0 Å². The van der Waals surface area contributed by atoms with Gasteiger partial charge in [0.25, 0.3) is 5.95 Å². The minimum absolute atomic E-state index is 0.0111. The average molecular weight is 276 g/mol. The third kappa shape index (κ3) is 4.26. The third-order valence-corrected chi connectivity index (χ3v) is 3.57. The Morgan fingerprint density at radius 3 is 2.50 bits per heavy atom. The van der Waals surface area contributed by atoms with Gasteiger partial charge in [0.1, 0.15) is 9.84 Å². The van der Waals surface area contributed by atoms with Crippen LogP contribution in [0, 0.1) is 0 Å². The van der Waals surface area contributed by atoms with Gasteiger partial charge in [0.05, 0.1) is 11.8 Å². The molecule has 8 heteroatoms. The summed E-state index contributed by atoms with van der Waals surface area (Å²) in [4.78, 5) is 6.11. The highest BCUT2D eigenvalue weighted by Crippen LogP contribution is 2.16. The average Bonchev–Trinajstić information content (AvgIpc) is 2.76. The van der Waals surface area contributed by atoms with Crippen LogP contribution in [0.5, 0.6) is 0 Å². The molecule has 0 aliphatic carbocycles. The summed E-state index contributed by atoms with van der Waals surface area (Å²) in [7, 11) is -3.03. The highest BCUT2D eigenvalue weighted by atomic mass is 32.2. The Morgan fingerprint density at radius 2 is 2.00 bits per heavy atom. The maximum absolute atomic E-state index is 11.0. The van der Waals surface area contributed by atoms with E-state index in [0.29, 0.717) is 5.95 Å². The van der Waals surface area contributed by atoms with E-state index in [0.717, 1.165) is 13.1 Å². The molecule has 2 N–H and O–H groups in total. The summed E-state index contributed by atoms with van der Waals surface area (Å²) in [6.07, 6.45) is 1.45. The highest BCUT2D eigenvalue weighted by molar-refractivity contribution is 7.90. The van der Waals surface area contributed by atoms with Gasteiger partial charge in [-0.05, 0) is 25.4 Å². The van der Waals surface area contributed by atoms with Crippen LogP contribution < -0.4 is 10.6 Å². The molecular weight excluding hydrogens is 256 g/mol. The van der Waals surface area contributed by atoms with Crippen molar-refractivity contribution in [3.8, 4) is 0 Å². The molecule has 0 saturated carbocycles. The van der Waals surface area contributed by atoms with Crippen molar-refractivity contribution >= 4 is 15.8 Å². The van der Waals surface area contributed by atoms with Crippen molar-refractivity contribution in [2.45, 2.75) is 26.3 Å². The number of nitrogens with two attached hydrogens (primary N) is 1. The van der Waals surface area contributed by atoms with E-state index in [9.17, 15) is 8.42 Å². The fourth-order valence-corrected chi connectivity index (χ4v) is 2.16. The Balaban J connectivity index is 2.67. The zero-order valence-corrected chi connectivity index (χ0v) is 11.8. The van der Waals surface area contributed by atoms with Crippen molar-refractivity contribution in [3.63, 3.8) is 0 Å². The van der Waals surface area contributed by atoms with Gasteiger partial charge in [0.15, 0.2) is 0 Å². The van der Waals surface area contributed by atoms with Gasteiger partial charge >= 0.3 is 0 Å². The molecule has 1 rings (SSSR count). The summed E-state index contributed by atoms with van der Waals surface area (Å²) in [5, 5.41) is 3.83. The number of rotatable bonds is 7.